The van der Waals surface area contributed by atoms with Gasteiger partial charge in [0, 0.05) is 18.8 Å². The molecule has 24 heavy (non-hydrogen) atoms. The third-order valence-electron chi connectivity index (χ3n) is 4.05. The van der Waals surface area contributed by atoms with Crippen LogP contribution < -0.4 is 4.74 Å². The van der Waals surface area contributed by atoms with E-state index in [2.05, 4.69) is 55.2 Å². The maximum Gasteiger partial charge on any atom is 0.123 e. The SMILES string of the molecule is C=CCOc1ccc(CN(C)[C@H](C)c2ccccn2)cc1CC=C. The zero-order chi connectivity index (χ0) is 17.4. The van der Waals surface area contributed by atoms with Crippen molar-refractivity contribution in [1.82, 2.24) is 9.88 Å². The molecule has 0 aliphatic heterocycles. The highest BCUT2D eigenvalue weighted by Gasteiger charge is 2.13. The molecule has 0 bridgehead atoms. The van der Waals surface area contributed by atoms with E-state index in [9.17, 15) is 0 Å². The van der Waals surface area contributed by atoms with Gasteiger partial charge >= 0.3 is 0 Å². The Labute approximate surface area is 145 Å². The molecule has 0 amide bonds. The lowest BCUT2D eigenvalue weighted by Crippen LogP contribution is -2.22. The molecule has 0 radical (unpaired) electrons. The molecule has 0 N–H and O–H groups in total. The van der Waals surface area contributed by atoms with Crippen LogP contribution in [0.3, 0.4) is 0 Å². The first kappa shape index (κ1) is 18.0. The number of hydrogen-bond donors (Lipinski definition) is 0. The van der Waals surface area contributed by atoms with Crippen molar-refractivity contribution in [1.29, 1.82) is 0 Å². The number of ether oxygens (including phenoxy) is 1. The van der Waals surface area contributed by atoms with Crippen LogP contribution in [0.5, 0.6) is 5.75 Å². The van der Waals surface area contributed by atoms with Gasteiger partial charge in [0.25, 0.3) is 0 Å². The van der Waals surface area contributed by atoms with Crippen molar-refractivity contribution in [2.75, 3.05) is 13.7 Å². The molecule has 0 spiro atoms. The molecular weight excluding hydrogens is 296 g/mol. The van der Waals surface area contributed by atoms with Crippen LogP contribution in [0, 0.1) is 0 Å². The average Bonchev–Trinajstić information content (AvgIpc) is 2.61. The lowest BCUT2D eigenvalue weighted by atomic mass is 10.1. The zero-order valence-corrected chi connectivity index (χ0v) is 14.6. The largest absolute Gasteiger partial charge is 0.489 e. The normalized spacial score (nSPS) is 12.0. The highest BCUT2D eigenvalue weighted by molar-refractivity contribution is 5.38. The second kappa shape index (κ2) is 9.04. The maximum absolute atomic E-state index is 5.73. The van der Waals surface area contributed by atoms with Crippen LogP contribution in [0.2, 0.25) is 0 Å². The quantitative estimate of drug-likeness (QED) is 0.632. The summed E-state index contributed by atoms with van der Waals surface area (Å²) in [6, 6.07) is 12.6. The molecule has 0 saturated carbocycles. The molecule has 3 heteroatoms. The summed E-state index contributed by atoms with van der Waals surface area (Å²) in [6.07, 6.45) is 6.29. The summed E-state index contributed by atoms with van der Waals surface area (Å²) in [5.41, 5.74) is 3.49. The Morgan fingerprint density at radius 2 is 2.04 bits per heavy atom. The van der Waals surface area contributed by atoms with Gasteiger partial charge in [0.15, 0.2) is 0 Å². The van der Waals surface area contributed by atoms with Crippen LogP contribution in [0.25, 0.3) is 0 Å². The van der Waals surface area contributed by atoms with E-state index in [1.807, 2.05) is 30.5 Å². The molecule has 1 aromatic heterocycles. The lowest BCUT2D eigenvalue weighted by molar-refractivity contribution is 0.248. The molecule has 0 fully saturated rings. The fourth-order valence-corrected chi connectivity index (χ4v) is 2.61. The topological polar surface area (TPSA) is 25.4 Å². The minimum Gasteiger partial charge on any atom is -0.489 e. The Morgan fingerprint density at radius 3 is 2.71 bits per heavy atom. The van der Waals surface area contributed by atoms with E-state index in [0.29, 0.717) is 6.61 Å². The molecule has 2 aromatic rings. The molecule has 0 aliphatic rings. The second-order valence-electron chi connectivity index (χ2n) is 5.88. The van der Waals surface area contributed by atoms with E-state index in [-0.39, 0.29) is 6.04 Å². The van der Waals surface area contributed by atoms with Crippen molar-refractivity contribution in [3.8, 4) is 5.75 Å². The van der Waals surface area contributed by atoms with Gasteiger partial charge in [-0.05, 0) is 49.7 Å². The van der Waals surface area contributed by atoms with E-state index >= 15 is 0 Å². The maximum atomic E-state index is 5.73. The standard InChI is InChI=1S/C21H26N2O/c1-5-9-19-15-18(11-12-21(19)24-14-6-2)16-23(4)17(3)20-10-7-8-13-22-20/h5-8,10-13,15,17H,1-2,9,14,16H2,3-4H3/t17-/m1/s1. The Bertz CT molecular complexity index is 667. The smallest absolute Gasteiger partial charge is 0.123 e. The number of hydrogen-bond acceptors (Lipinski definition) is 3. The van der Waals surface area contributed by atoms with Crippen LogP contribution in [0.4, 0.5) is 0 Å². The van der Waals surface area contributed by atoms with E-state index in [1.54, 1.807) is 6.08 Å². The number of benzene rings is 1. The summed E-state index contributed by atoms with van der Waals surface area (Å²) < 4.78 is 5.73. The predicted octanol–water partition coefficient (Wildman–Crippen LogP) is 4.57. The third kappa shape index (κ3) is 4.80. The number of nitrogens with zero attached hydrogens (tertiary/aromatic N) is 2. The van der Waals surface area contributed by atoms with E-state index in [0.717, 1.165) is 30.0 Å². The van der Waals surface area contributed by atoms with Crippen LogP contribution in [-0.4, -0.2) is 23.5 Å². The molecule has 1 aromatic carbocycles. The van der Waals surface area contributed by atoms with Gasteiger partial charge < -0.3 is 4.74 Å². The van der Waals surface area contributed by atoms with Gasteiger partial charge in [0.1, 0.15) is 12.4 Å². The highest BCUT2D eigenvalue weighted by atomic mass is 16.5. The molecule has 126 valence electrons. The average molecular weight is 322 g/mol. The molecule has 3 nitrogen and oxygen atoms in total. The van der Waals surface area contributed by atoms with Crippen molar-refractivity contribution in [3.63, 3.8) is 0 Å². The molecule has 0 aliphatic carbocycles. The fourth-order valence-electron chi connectivity index (χ4n) is 2.61. The molecule has 0 unspecified atom stereocenters. The van der Waals surface area contributed by atoms with Crippen molar-refractivity contribution in [3.05, 3.63) is 84.7 Å². The highest BCUT2D eigenvalue weighted by Crippen LogP contribution is 2.24. The van der Waals surface area contributed by atoms with Crippen LogP contribution in [-0.2, 0) is 13.0 Å². The molecule has 0 saturated heterocycles. The zero-order valence-electron chi connectivity index (χ0n) is 14.6. The van der Waals surface area contributed by atoms with E-state index < -0.39 is 0 Å². The first-order valence-corrected chi connectivity index (χ1v) is 8.23. The van der Waals surface area contributed by atoms with Gasteiger partial charge in [-0.1, -0.05) is 36.9 Å². The first-order valence-electron chi connectivity index (χ1n) is 8.23. The summed E-state index contributed by atoms with van der Waals surface area (Å²) in [4.78, 5) is 6.74. The summed E-state index contributed by atoms with van der Waals surface area (Å²) in [5, 5.41) is 0. The summed E-state index contributed by atoms with van der Waals surface area (Å²) >= 11 is 0. The summed E-state index contributed by atoms with van der Waals surface area (Å²) in [6.45, 7) is 11.1. The van der Waals surface area contributed by atoms with Crippen molar-refractivity contribution < 1.29 is 4.74 Å². The van der Waals surface area contributed by atoms with Gasteiger partial charge in [0.05, 0.1) is 5.69 Å². The third-order valence-corrected chi connectivity index (χ3v) is 4.05. The summed E-state index contributed by atoms with van der Waals surface area (Å²) in [7, 11) is 2.12. The first-order chi connectivity index (χ1) is 11.7. The van der Waals surface area contributed by atoms with Gasteiger partial charge in [-0.3, -0.25) is 9.88 Å². The van der Waals surface area contributed by atoms with E-state index in [1.165, 1.54) is 5.56 Å². The Morgan fingerprint density at radius 1 is 1.21 bits per heavy atom. The Balaban J connectivity index is 2.12. The van der Waals surface area contributed by atoms with Crippen LogP contribution in [0.15, 0.2) is 67.9 Å². The second-order valence-corrected chi connectivity index (χ2v) is 5.88. The molecule has 1 atom stereocenters. The number of allylic oxidation sites excluding steroid dienone is 1. The lowest BCUT2D eigenvalue weighted by Gasteiger charge is -2.24. The van der Waals surface area contributed by atoms with Gasteiger partial charge in [-0.15, -0.1) is 6.58 Å². The molecular formula is C21H26N2O. The minimum absolute atomic E-state index is 0.255. The van der Waals surface area contributed by atoms with E-state index in [4.69, 9.17) is 4.74 Å². The van der Waals surface area contributed by atoms with Crippen molar-refractivity contribution in [2.24, 2.45) is 0 Å². The van der Waals surface area contributed by atoms with Gasteiger partial charge in [0.2, 0.25) is 0 Å². The van der Waals surface area contributed by atoms with Crippen molar-refractivity contribution >= 4 is 0 Å². The minimum atomic E-state index is 0.255. The predicted molar refractivity (Wildman–Crippen MR) is 100 cm³/mol. The number of pyridine rings is 1. The van der Waals surface area contributed by atoms with Crippen LogP contribution in [0.1, 0.15) is 29.8 Å². The summed E-state index contributed by atoms with van der Waals surface area (Å²) in [5.74, 6) is 0.902. The Kier molecular flexibility index (Phi) is 6.76. The van der Waals surface area contributed by atoms with Crippen molar-refractivity contribution in [2.45, 2.75) is 25.9 Å². The number of rotatable bonds is 9. The number of aromatic nitrogens is 1. The molecule has 1 heterocycles. The Hall–Kier alpha value is -2.39. The van der Waals surface area contributed by atoms with Gasteiger partial charge in [-0.25, -0.2) is 0 Å². The fraction of sp³-hybridized carbons (Fsp3) is 0.286. The molecule has 2 rings (SSSR count). The van der Waals surface area contributed by atoms with Gasteiger partial charge in [-0.2, -0.15) is 0 Å². The monoisotopic (exact) mass is 322 g/mol. The van der Waals surface area contributed by atoms with Crippen LogP contribution >= 0.6 is 0 Å².